The van der Waals surface area contributed by atoms with Crippen molar-refractivity contribution in [2.45, 2.75) is 6.92 Å². The van der Waals surface area contributed by atoms with Crippen LogP contribution in [-0.2, 0) is 4.74 Å². The quantitative estimate of drug-likeness (QED) is 0.658. The highest BCUT2D eigenvalue weighted by atomic mass is 32.1. The van der Waals surface area contributed by atoms with Crippen molar-refractivity contribution in [1.82, 2.24) is 4.98 Å². The van der Waals surface area contributed by atoms with Gasteiger partial charge in [0.15, 0.2) is 0 Å². The van der Waals surface area contributed by atoms with E-state index < -0.39 is 0 Å². The second kappa shape index (κ2) is 4.38. The number of thiophene rings is 1. The molecule has 0 amide bonds. The van der Waals surface area contributed by atoms with Crippen LogP contribution in [0.25, 0.3) is 21.0 Å². The van der Waals surface area contributed by atoms with Crippen molar-refractivity contribution in [3.8, 4) is 0 Å². The maximum Gasteiger partial charge on any atom is 0.348 e. The zero-order valence-electron chi connectivity index (χ0n) is 9.84. The summed E-state index contributed by atoms with van der Waals surface area (Å²) in [5.41, 5.74) is 0.947. The number of carbonyl (C=O) groups is 1. The van der Waals surface area contributed by atoms with Crippen molar-refractivity contribution >= 4 is 38.3 Å². The number of esters is 1. The topological polar surface area (TPSA) is 39.2 Å². The van der Waals surface area contributed by atoms with Crippen LogP contribution in [0.15, 0.2) is 36.5 Å². The molecule has 0 aliphatic carbocycles. The van der Waals surface area contributed by atoms with Crippen LogP contribution >= 0.6 is 11.3 Å². The van der Waals surface area contributed by atoms with Crippen molar-refractivity contribution < 1.29 is 9.53 Å². The lowest BCUT2D eigenvalue weighted by atomic mass is 10.2. The van der Waals surface area contributed by atoms with E-state index in [0.717, 1.165) is 21.0 Å². The molecule has 0 atom stereocenters. The third-order valence-electron chi connectivity index (χ3n) is 2.73. The van der Waals surface area contributed by atoms with Gasteiger partial charge >= 0.3 is 5.97 Å². The van der Waals surface area contributed by atoms with Crippen molar-refractivity contribution in [2.75, 3.05) is 6.61 Å². The summed E-state index contributed by atoms with van der Waals surface area (Å²) in [5, 5.41) is 2.07. The van der Waals surface area contributed by atoms with Gasteiger partial charge in [0.25, 0.3) is 0 Å². The number of fused-ring (bicyclic) bond motifs is 3. The average molecular weight is 257 g/mol. The lowest BCUT2D eigenvalue weighted by Gasteiger charge is -1.97. The van der Waals surface area contributed by atoms with Crippen LogP contribution in [0.1, 0.15) is 16.6 Å². The van der Waals surface area contributed by atoms with Crippen LogP contribution in [-0.4, -0.2) is 17.6 Å². The van der Waals surface area contributed by atoms with Gasteiger partial charge in [0, 0.05) is 21.7 Å². The molecule has 2 aromatic heterocycles. The lowest BCUT2D eigenvalue weighted by molar-refractivity contribution is 0.0532. The first-order chi connectivity index (χ1) is 8.79. The lowest BCUT2D eigenvalue weighted by Crippen LogP contribution is -2.01. The minimum absolute atomic E-state index is 0.261. The van der Waals surface area contributed by atoms with E-state index in [4.69, 9.17) is 4.74 Å². The Bertz CT molecular complexity index is 733. The van der Waals surface area contributed by atoms with Crippen LogP contribution in [0.4, 0.5) is 0 Å². The first-order valence-corrected chi connectivity index (χ1v) is 6.55. The number of para-hydroxylation sites is 1. The fraction of sp³-hybridized carbons (Fsp3) is 0.143. The van der Waals surface area contributed by atoms with E-state index in [2.05, 4.69) is 4.98 Å². The smallest absolute Gasteiger partial charge is 0.348 e. The highest BCUT2D eigenvalue weighted by molar-refractivity contribution is 7.21. The Labute approximate surface area is 108 Å². The van der Waals surface area contributed by atoms with Crippen molar-refractivity contribution in [1.29, 1.82) is 0 Å². The molecule has 0 bridgehead atoms. The second-order valence-electron chi connectivity index (χ2n) is 3.89. The summed E-state index contributed by atoms with van der Waals surface area (Å²) in [6.45, 7) is 2.20. The van der Waals surface area contributed by atoms with E-state index in [1.165, 1.54) is 11.3 Å². The van der Waals surface area contributed by atoms with Crippen molar-refractivity contribution in [2.24, 2.45) is 0 Å². The molecule has 1 aromatic carbocycles. The second-order valence-corrected chi connectivity index (χ2v) is 4.94. The zero-order chi connectivity index (χ0) is 12.5. The number of ether oxygens (including phenoxy) is 1. The third-order valence-corrected chi connectivity index (χ3v) is 3.89. The molecule has 0 aliphatic heterocycles. The van der Waals surface area contributed by atoms with Crippen LogP contribution in [0.3, 0.4) is 0 Å². The predicted molar refractivity (Wildman–Crippen MR) is 73.1 cm³/mol. The van der Waals surface area contributed by atoms with Crippen LogP contribution in [0.5, 0.6) is 0 Å². The van der Waals surface area contributed by atoms with Crippen LogP contribution in [0, 0.1) is 0 Å². The summed E-state index contributed by atoms with van der Waals surface area (Å²) < 4.78 is 6.11. The largest absolute Gasteiger partial charge is 0.462 e. The molecule has 0 spiro atoms. The predicted octanol–water partition coefficient (Wildman–Crippen LogP) is 3.63. The average Bonchev–Trinajstić information content (AvgIpc) is 2.83. The molecule has 0 N–H and O–H groups in total. The summed E-state index contributed by atoms with van der Waals surface area (Å²) >= 11 is 1.46. The normalized spacial score (nSPS) is 10.9. The number of rotatable bonds is 2. The standard InChI is InChI=1S/C14H11NO2S/c1-2-17-14(16)12-7-9-8-15-11-6-4-3-5-10(11)13(9)18-12/h3-8H,2H2,1H3. The summed E-state index contributed by atoms with van der Waals surface area (Å²) in [7, 11) is 0. The first-order valence-electron chi connectivity index (χ1n) is 5.74. The monoisotopic (exact) mass is 257 g/mol. The molecule has 2 heterocycles. The number of nitrogens with zero attached hydrogens (tertiary/aromatic N) is 1. The Morgan fingerprint density at radius 2 is 2.22 bits per heavy atom. The molecule has 90 valence electrons. The Hall–Kier alpha value is -1.94. The van der Waals surface area contributed by atoms with Gasteiger partial charge < -0.3 is 4.74 Å². The molecule has 3 aromatic rings. The van der Waals surface area contributed by atoms with Crippen LogP contribution in [0.2, 0.25) is 0 Å². The van der Waals surface area contributed by atoms with Gasteiger partial charge in [0.1, 0.15) is 4.88 Å². The number of benzene rings is 1. The van der Waals surface area contributed by atoms with Gasteiger partial charge in [0.05, 0.1) is 12.1 Å². The van der Waals surface area contributed by atoms with E-state index >= 15 is 0 Å². The number of pyridine rings is 1. The van der Waals surface area contributed by atoms with E-state index in [1.54, 1.807) is 6.20 Å². The minimum atomic E-state index is -0.261. The Kier molecular flexibility index (Phi) is 2.72. The van der Waals surface area contributed by atoms with Crippen LogP contribution < -0.4 is 0 Å². The van der Waals surface area contributed by atoms with E-state index in [0.29, 0.717) is 11.5 Å². The number of aromatic nitrogens is 1. The highest BCUT2D eigenvalue weighted by Crippen LogP contribution is 2.31. The number of hydrogen-bond acceptors (Lipinski definition) is 4. The summed E-state index contributed by atoms with van der Waals surface area (Å²) in [6, 6.07) is 9.78. The fourth-order valence-electron chi connectivity index (χ4n) is 1.93. The maximum absolute atomic E-state index is 11.7. The number of carbonyl (C=O) groups excluding carboxylic acids is 1. The van der Waals surface area contributed by atoms with Crippen molar-refractivity contribution in [3.63, 3.8) is 0 Å². The van der Waals surface area contributed by atoms with E-state index in [-0.39, 0.29) is 5.97 Å². The molecule has 3 rings (SSSR count). The SMILES string of the molecule is CCOC(=O)c1cc2cnc3ccccc3c2s1. The molecular weight excluding hydrogens is 246 g/mol. The van der Waals surface area contributed by atoms with Gasteiger partial charge in [-0.15, -0.1) is 11.3 Å². The van der Waals surface area contributed by atoms with Gasteiger partial charge in [-0.1, -0.05) is 18.2 Å². The third kappa shape index (κ3) is 1.75. The minimum Gasteiger partial charge on any atom is -0.462 e. The molecule has 0 aliphatic rings. The molecule has 0 fully saturated rings. The molecule has 0 radical (unpaired) electrons. The molecule has 0 unspecified atom stereocenters. The zero-order valence-corrected chi connectivity index (χ0v) is 10.7. The molecule has 3 nitrogen and oxygen atoms in total. The van der Waals surface area contributed by atoms with E-state index in [9.17, 15) is 4.79 Å². The van der Waals surface area contributed by atoms with E-state index in [1.807, 2.05) is 37.3 Å². The first kappa shape index (κ1) is 11.2. The Balaban J connectivity index is 2.22. The molecule has 0 saturated carbocycles. The maximum atomic E-state index is 11.7. The van der Waals surface area contributed by atoms with Gasteiger partial charge in [-0.3, -0.25) is 4.98 Å². The molecule has 18 heavy (non-hydrogen) atoms. The molecular formula is C14H11NO2S. The van der Waals surface area contributed by atoms with Gasteiger partial charge in [0.2, 0.25) is 0 Å². The summed E-state index contributed by atoms with van der Waals surface area (Å²) in [6.07, 6.45) is 1.80. The van der Waals surface area contributed by atoms with Gasteiger partial charge in [-0.05, 0) is 19.1 Å². The number of hydrogen-bond donors (Lipinski definition) is 0. The van der Waals surface area contributed by atoms with Crippen molar-refractivity contribution in [3.05, 3.63) is 41.4 Å². The summed E-state index contributed by atoms with van der Waals surface area (Å²) in [5.74, 6) is -0.261. The molecule has 4 heteroatoms. The van der Waals surface area contributed by atoms with Gasteiger partial charge in [-0.2, -0.15) is 0 Å². The van der Waals surface area contributed by atoms with Gasteiger partial charge in [-0.25, -0.2) is 4.79 Å². The summed E-state index contributed by atoms with van der Waals surface area (Å²) in [4.78, 5) is 16.7. The fourth-order valence-corrected chi connectivity index (χ4v) is 2.99. The Morgan fingerprint density at radius 3 is 3.06 bits per heavy atom. The Morgan fingerprint density at radius 1 is 1.39 bits per heavy atom. The molecule has 0 saturated heterocycles. The highest BCUT2D eigenvalue weighted by Gasteiger charge is 2.12.